The molecule has 4 aromatic rings. The Morgan fingerprint density at radius 2 is 1.65 bits per heavy atom. The monoisotopic (exact) mass is 728 g/mol. The van der Waals surface area contributed by atoms with Gasteiger partial charge in [0.2, 0.25) is 5.89 Å². The summed E-state index contributed by atoms with van der Waals surface area (Å²) in [7, 11) is 0. The highest BCUT2D eigenvalue weighted by molar-refractivity contribution is 5.97. The molecule has 2 aromatic heterocycles. The van der Waals surface area contributed by atoms with E-state index in [9.17, 15) is 4.79 Å². The molecule has 3 aliphatic carbocycles. The number of nitrogens with one attached hydrogen (secondary N) is 1. The van der Waals surface area contributed by atoms with Crippen LogP contribution in [0.3, 0.4) is 0 Å². The Hall–Kier alpha value is -4.72. The molecular weight excluding hydrogens is 673 g/mol. The Morgan fingerprint density at radius 3 is 2.39 bits per heavy atom. The SMILES string of the molecule is Cc1noc([C@H](CC2=CC=C(OCCC3CCCCC3)C=CC2)NC(=O)c2cc3ccc(Oc4ccc(C(C)(C)C)cc4)cc3c(CC3CCCC3)n2)n1. The Kier molecular flexibility index (Phi) is 12.0. The fourth-order valence-electron chi connectivity index (χ4n) is 8.14. The second-order valence-electron chi connectivity index (χ2n) is 16.6. The molecule has 54 heavy (non-hydrogen) atoms. The zero-order valence-corrected chi connectivity index (χ0v) is 32.5. The van der Waals surface area contributed by atoms with E-state index in [1.165, 1.54) is 63.4 Å². The standard InChI is InChI=1S/C46H56N4O4/c1-31-47-45(54-50-31)43(28-34-15-10-16-37(21-17-34)52-26-25-32-11-6-5-7-12-32)49-44(51)42-29-35-18-22-39(53-38-23-19-36(20-24-38)46(2,3)4)30-40(35)41(48-42)27-33-13-8-9-14-33/h10,16-24,29-30,32-33,43H,5-9,11-15,25-28H2,1-4H3,(H,49,51)/t43-/m0/s1. The van der Waals surface area contributed by atoms with Gasteiger partial charge in [0.15, 0.2) is 5.82 Å². The predicted molar refractivity (Wildman–Crippen MR) is 214 cm³/mol. The molecule has 8 nitrogen and oxygen atoms in total. The summed E-state index contributed by atoms with van der Waals surface area (Å²) in [4.78, 5) is 23.7. The van der Waals surface area contributed by atoms with E-state index in [0.29, 0.717) is 29.7 Å². The smallest absolute Gasteiger partial charge is 0.270 e. The summed E-state index contributed by atoms with van der Waals surface area (Å²) >= 11 is 0. The van der Waals surface area contributed by atoms with Gasteiger partial charge in [-0.15, -0.1) is 0 Å². The van der Waals surface area contributed by atoms with E-state index in [0.717, 1.165) is 71.1 Å². The van der Waals surface area contributed by atoms with Crippen LogP contribution in [0.1, 0.15) is 137 Å². The second-order valence-corrected chi connectivity index (χ2v) is 16.6. The number of benzene rings is 2. The molecule has 0 unspecified atom stereocenters. The highest BCUT2D eigenvalue weighted by atomic mass is 16.5. The van der Waals surface area contributed by atoms with E-state index in [4.69, 9.17) is 19.0 Å². The molecule has 0 aliphatic heterocycles. The first-order chi connectivity index (χ1) is 26.2. The van der Waals surface area contributed by atoms with Crippen LogP contribution in [0.5, 0.6) is 11.5 Å². The lowest BCUT2D eigenvalue weighted by Crippen LogP contribution is -2.30. The van der Waals surface area contributed by atoms with E-state index < -0.39 is 6.04 Å². The van der Waals surface area contributed by atoms with Crippen LogP contribution in [0.15, 0.2) is 88.7 Å². The maximum atomic E-state index is 14.1. The second kappa shape index (κ2) is 17.2. The van der Waals surface area contributed by atoms with Crippen molar-refractivity contribution in [1.82, 2.24) is 20.4 Å². The fraction of sp³-hybridized carbons (Fsp3) is 0.478. The van der Waals surface area contributed by atoms with E-state index in [1.807, 2.05) is 36.4 Å². The van der Waals surface area contributed by atoms with Crippen molar-refractivity contribution in [3.8, 4) is 11.5 Å². The fourth-order valence-corrected chi connectivity index (χ4v) is 8.14. The minimum absolute atomic E-state index is 0.0739. The number of carbonyl (C=O) groups is 1. The Balaban J connectivity index is 1.09. The molecule has 1 atom stereocenters. The molecule has 2 heterocycles. The van der Waals surface area contributed by atoms with E-state index in [-0.39, 0.29) is 11.3 Å². The number of carbonyl (C=O) groups excluding carboxylic acids is 1. The average molecular weight is 729 g/mol. The lowest BCUT2D eigenvalue weighted by molar-refractivity contribution is 0.0923. The number of allylic oxidation sites excluding steroid dienone is 4. The zero-order chi connectivity index (χ0) is 37.5. The molecule has 2 aromatic carbocycles. The molecule has 284 valence electrons. The number of rotatable bonds is 13. The van der Waals surface area contributed by atoms with Gasteiger partial charge in [0.1, 0.15) is 29.0 Å². The van der Waals surface area contributed by atoms with Crippen molar-refractivity contribution in [2.24, 2.45) is 11.8 Å². The summed E-state index contributed by atoms with van der Waals surface area (Å²) in [6, 6.07) is 15.8. The molecule has 2 saturated carbocycles. The van der Waals surface area contributed by atoms with Crippen LogP contribution in [-0.4, -0.2) is 27.6 Å². The van der Waals surface area contributed by atoms with Crippen molar-refractivity contribution >= 4 is 16.7 Å². The molecular formula is C46H56N4O4. The number of amides is 1. The van der Waals surface area contributed by atoms with Crippen LogP contribution in [-0.2, 0) is 16.6 Å². The average Bonchev–Trinajstić information content (AvgIpc) is 3.79. The number of aryl methyl sites for hydroxylation is 1. The van der Waals surface area contributed by atoms with Crippen LogP contribution in [0.25, 0.3) is 10.8 Å². The molecule has 1 N–H and O–H groups in total. The molecule has 3 aliphatic rings. The highest BCUT2D eigenvalue weighted by Crippen LogP contribution is 2.34. The maximum absolute atomic E-state index is 14.1. The number of hydrogen-bond donors (Lipinski definition) is 1. The van der Waals surface area contributed by atoms with Gasteiger partial charge in [-0.25, -0.2) is 4.98 Å². The normalized spacial score (nSPS) is 17.6. The maximum Gasteiger partial charge on any atom is 0.270 e. The van der Waals surface area contributed by atoms with E-state index in [2.05, 4.69) is 72.7 Å². The van der Waals surface area contributed by atoms with Crippen molar-refractivity contribution in [2.45, 2.75) is 123 Å². The van der Waals surface area contributed by atoms with Crippen LogP contribution in [0.2, 0.25) is 0 Å². The molecule has 1 amide bonds. The summed E-state index contributed by atoms with van der Waals surface area (Å²) in [5.41, 5.74) is 3.78. The summed E-state index contributed by atoms with van der Waals surface area (Å²) in [5.74, 6) is 4.39. The Morgan fingerprint density at radius 1 is 0.907 bits per heavy atom. The Bertz CT molecular complexity index is 1990. The summed E-state index contributed by atoms with van der Waals surface area (Å²) in [6.45, 7) is 9.16. The molecule has 0 bridgehead atoms. The highest BCUT2D eigenvalue weighted by Gasteiger charge is 2.25. The third-order valence-electron chi connectivity index (χ3n) is 11.3. The van der Waals surface area contributed by atoms with E-state index in [1.54, 1.807) is 6.92 Å². The van der Waals surface area contributed by atoms with Crippen LogP contribution in [0.4, 0.5) is 0 Å². The predicted octanol–water partition coefficient (Wildman–Crippen LogP) is 11.4. The first-order valence-corrected chi connectivity index (χ1v) is 20.2. The molecule has 0 radical (unpaired) electrons. The quantitative estimate of drug-likeness (QED) is 0.146. The van der Waals surface area contributed by atoms with Crippen LogP contribution >= 0.6 is 0 Å². The third-order valence-corrected chi connectivity index (χ3v) is 11.3. The van der Waals surface area contributed by atoms with Gasteiger partial charge in [-0.1, -0.05) is 120 Å². The Labute approximate surface area is 320 Å². The van der Waals surface area contributed by atoms with Crippen molar-refractivity contribution in [3.63, 3.8) is 0 Å². The number of fused-ring (bicyclic) bond motifs is 1. The minimum Gasteiger partial charge on any atom is -0.494 e. The van der Waals surface area contributed by atoms with Crippen molar-refractivity contribution < 1.29 is 18.8 Å². The minimum atomic E-state index is -0.517. The first-order valence-electron chi connectivity index (χ1n) is 20.2. The van der Waals surface area contributed by atoms with Crippen LogP contribution in [0, 0.1) is 18.8 Å². The summed E-state index contributed by atoms with van der Waals surface area (Å²) < 4.78 is 18.2. The van der Waals surface area contributed by atoms with Gasteiger partial charge in [-0.2, -0.15) is 4.98 Å². The summed E-state index contributed by atoms with van der Waals surface area (Å²) in [6.07, 6.45) is 23.1. The van der Waals surface area contributed by atoms with Crippen molar-refractivity contribution in [3.05, 3.63) is 113 Å². The van der Waals surface area contributed by atoms with Gasteiger partial charge in [-0.3, -0.25) is 4.79 Å². The van der Waals surface area contributed by atoms with Gasteiger partial charge in [0, 0.05) is 11.1 Å². The first kappa shape index (κ1) is 37.6. The third kappa shape index (κ3) is 9.87. The zero-order valence-electron chi connectivity index (χ0n) is 32.5. The largest absolute Gasteiger partial charge is 0.494 e. The number of aromatic nitrogens is 3. The number of hydrogen-bond acceptors (Lipinski definition) is 7. The molecule has 8 heteroatoms. The van der Waals surface area contributed by atoms with Crippen molar-refractivity contribution in [1.29, 1.82) is 0 Å². The summed E-state index contributed by atoms with van der Waals surface area (Å²) in [5, 5.41) is 9.24. The van der Waals surface area contributed by atoms with Gasteiger partial charge < -0.3 is 19.3 Å². The van der Waals surface area contributed by atoms with Gasteiger partial charge in [0.25, 0.3) is 5.91 Å². The molecule has 0 spiro atoms. The van der Waals surface area contributed by atoms with Gasteiger partial charge in [-0.05, 0) is 103 Å². The number of pyridine rings is 1. The van der Waals surface area contributed by atoms with Gasteiger partial charge in [0.05, 0.1) is 6.61 Å². The lowest BCUT2D eigenvalue weighted by atomic mass is 9.87. The molecule has 0 saturated heterocycles. The molecule has 2 fully saturated rings. The van der Waals surface area contributed by atoms with Crippen LogP contribution < -0.4 is 10.1 Å². The molecule has 7 rings (SSSR count). The topological polar surface area (TPSA) is 99.4 Å². The van der Waals surface area contributed by atoms with Crippen molar-refractivity contribution in [2.75, 3.05) is 6.61 Å². The number of nitrogens with zero attached hydrogens (tertiary/aromatic N) is 3. The lowest BCUT2D eigenvalue weighted by Gasteiger charge is -2.21. The number of ether oxygens (including phenoxy) is 2. The van der Waals surface area contributed by atoms with E-state index >= 15 is 0 Å². The van der Waals surface area contributed by atoms with Gasteiger partial charge >= 0.3 is 0 Å².